The Balaban J connectivity index is 1.17. The van der Waals surface area contributed by atoms with Crippen molar-refractivity contribution < 1.29 is 0 Å². The molecule has 0 atom stereocenters. The van der Waals surface area contributed by atoms with E-state index in [0.717, 1.165) is 0 Å². The number of para-hydroxylation sites is 3. The van der Waals surface area contributed by atoms with E-state index >= 15 is 0 Å². The van der Waals surface area contributed by atoms with Crippen LogP contribution in [0.25, 0.3) is 98.8 Å². The fraction of sp³-hybridized carbons (Fsp3) is 0. The van der Waals surface area contributed by atoms with Gasteiger partial charge in [-0.25, -0.2) is 0 Å². The summed E-state index contributed by atoms with van der Waals surface area (Å²) in [6.45, 7) is 0. The SMILES string of the molecule is c1ccc(-c2c3ccccc3c(-n3c4ccccc4c4cc(-c5ccc6c(c5)c5ccccc5n6-c5ccccc5)ccc43)c3ccccc23)cc1. The van der Waals surface area contributed by atoms with Crippen molar-refractivity contribution in [2.45, 2.75) is 0 Å². The molecule has 0 radical (unpaired) electrons. The molecular weight excluding hydrogens is 629 g/mol. The smallest absolute Gasteiger partial charge is 0.0619 e. The van der Waals surface area contributed by atoms with Gasteiger partial charge < -0.3 is 9.13 Å². The first-order valence-corrected chi connectivity index (χ1v) is 17.9. The van der Waals surface area contributed by atoms with Crippen molar-refractivity contribution >= 4 is 65.2 Å². The molecule has 11 rings (SSSR count). The Kier molecular flexibility index (Phi) is 6.28. The highest BCUT2D eigenvalue weighted by Gasteiger charge is 2.21. The third-order valence-electron chi connectivity index (χ3n) is 10.9. The van der Waals surface area contributed by atoms with Crippen molar-refractivity contribution in [1.82, 2.24) is 9.13 Å². The highest BCUT2D eigenvalue weighted by molar-refractivity contribution is 6.21. The van der Waals surface area contributed by atoms with Crippen molar-refractivity contribution in [2.75, 3.05) is 0 Å². The lowest BCUT2D eigenvalue weighted by atomic mass is 9.90. The Hall–Kier alpha value is -6.90. The van der Waals surface area contributed by atoms with Gasteiger partial charge in [-0.05, 0) is 81.6 Å². The van der Waals surface area contributed by atoms with Gasteiger partial charge in [0, 0.05) is 38.0 Å². The largest absolute Gasteiger partial charge is 0.309 e. The third kappa shape index (κ3) is 4.19. The first-order chi connectivity index (χ1) is 25.8. The zero-order valence-electron chi connectivity index (χ0n) is 28.4. The first kappa shape index (κ1) is 28.9. The number of hydrogen-bond acceptors (Lipinski definition) is 0. The Bertz CT molecular complexity index is 3110. The maximum atomic E-state index is 2.50. The van der Waals surface area contributed by atoms with Crippen molar-refractivity contribution in [1.29, 1.82) is 0 Å². The van der Waals surface area contributed by atoms with Crippen molar-refractivity contribution in [2.24, 2.45) is 0 Å². The van der Waals surface area contributed by atoms with Gasteiger partial charge in [-0.3, -0.25) is 0 Å². The average Bonchev–Trinajstić information content (AvgIpc) is 3.72. The molecule has 0 saturated heterocycles. The molecule has 0 amide bonds. The maximum Gasteiger partial charge on any atom is 0.0619 e. The summed E-state index contributed by atoms with van der Waals surface area (Å²) in [6, 6.07) is 70.9. The van der Waals surface area contributed by atoms with Crippen molar-refractivity contribution in [3.63, 3.8) is 0 Å². The van der Waals surface area contributed by atoms with Crippen LogP contribution in [-0.2, 0) is 0 Å². The lowest BCUT2D eigenvalue weighted by Gasteiger charge is -2.19. The number of benzene rings is 9. The molecule has 242 valence electrons. The summed E-state index contributed by atoms with van der Waals surface area (Å²) in [5.74, 6) is 0. The van der Waals surface area contributed by atoms with Crippen LogP contribution >= 0.6 is 0 Å². The van der Waals surface area contributed by atoms with Gasteiger partial charge in [-0.15, -0.1) is 0 Å². The Morgan fingerprint density at radius 1 is 0.250 bits per heavy atom. The highest BCUT2D eigenvalue weighted by Crippen LogP contribution is 2.44. The second-order valence-corrected chi connectivity index (χ2v) is 13.7. The van der Waals surface area contributed by atoms with E-state index in [1.165, 1.54) is 98.8 Å². The summed E-state index contributed by atoms with van der Waals surface area (Å²) in [5, 5.41) is 10.0. The van der Waals surface area contributed by atoms with Gasteiger partial charge in [0.15, 0.2) is 0 Å². The molecule has 11 aromatic rings. The molecule has 0 fully saturated rings. The van der Waals surface area contributed by atoms with Crippen LogP contribution in [0, 0.1) is 0 Å². The summed E-state index contributed by atoms with van der Waals surface area (Å²) < 4.78 is 4.88. The first-order valence-electron chi connectivity index (χ1n) is 17.9. The number of rotatable bonds is 4. The van der Waals surface area contributed by atoms with Crippen LogP contribution < -0.4 is 0 Å². The van der Waals surface area contributed by atoms with Gasteiger partial charge in [-0.2, -0.15) is 0 Å². The minimum Gasteiger partial charge on any atom is -0.309 e. The predicted molar refractivity (Wildman–Crippen MR) is 221 cm³/mol. The molecule has 0 unspecified atom stereocenters. The molecule has 0 saturated carbocycles. The molecule has 2 heterocycles. The predicted octanol–water partition coefficient (Wildman–Crippen LogP) is 13.5. The molecule has 2 nitrogen and oxygen atoms in total. The second kappa shape index (κ2) is 11.3. The van der Waals surface area contributed by atoms with Gasteiger partial charge in [0.1, 0.15) is 0 Å². The number of aromatic nitrogens is 2. The van der Waals surface area contributed by atoms with E-state index < -0.39 is 0 Å². The van der Waals surface area contributed by atoms with E-state index in [1.54, 1.807) is 0 Å². The molecule has 52 heavy (non-hydrogen) atoms. The fourth-order valence-corrected chi connectivity index (χ4v) is 8.66. The topological polar surface area (TPSA) is 9.86 Å². The molecular formula is C50H32N2. The molecule has 0 N–H and O–H groups in total. The number of nitrogens with zero attached hydrogens (tertiary/aromatic N) is 2. The second-order valence-electron chi connectivity index (χ2n) is 13.7. The zero-order valence-corrected chi connectivity index (χ0v) is 28.4. The van der Waals surface area contributed by atoms with E-state index in [9.17, 15) is 0 Å². The van der Waals surface area contributed by atoms with Gasteiger partial charge in [-0.1, -0.05) is 146 Å². The summed E-state index contributed by atoms with van der Waals surface area (Å²) in [5.41, 5.74) is 12.2. The van der Waals surface area contributed by atoms with Crippen LogP contribution in [0.4, 0.5) is 0 Å². The van der Waals surface area contributed by atoms with Crippen molar-refractivity contribution in [3.8, 4) is 33.6 Å². The van der Waals surface area contributed by atoms with E-state index in [4.69, 9.17) is 0 Å². The average molecular weight is 661 g/mol. The van der Waals surface area contributed by atoms with Crippen LogP contribution in [0.15, 0.2) is 194 Å². The van der Waals surface area contributed by atoms with E-state index in [1.807, 2.05) is 0 Å². The van der Waals surface area contributed by atoms with Crippen molar-refractivity contribution in [3.05, 3.63) is 194 Å². The molecule has 0 aliphatic carbocycles. The number of fused-ring (bicyclic) bond motifs is 8. The zero-order chi connectivity index (χ0) is 34.2. The van der Waals surface area contributed by atoms with Crippen LogP contribution in [-0.4, -0.2) is 9.13 Å². The third-order valence-corrected chi connectivity index (χ3v) is 10.9. The summed E-state index contributed by atoms with van der Waals surface area (Å²) >= 11 is 0. The summed E-state index contributed by atoms with van der Waals surface area (Å²) in [7, 11) is 0. The minimum absolute atomic E-state index is 1.17. The molecule has 0 aliphatic rings. The summed E-state index contributed by atoms with van der Waals surface area (Å²) in [4.78, 5) is 0. The molecule has 9 aromatic carbocycles. The Morgan fingerprint density at radius 2 is 0.654 bits per heavy atom. The van der Waals surface area contributed by atoms with E-state index in [2.05, 4.69) is 203 Å². The van der Waals surface area contributed by atoms with Gasteiger partial charge in [0.05, 0.1) is 27.8 Å². The highest BCUT2D eigenvalue weighted by atomic mass is 15.0. The molecule has 2 aromatic heterocycles. The van der Waals surface area contributed by atoms with E-state index in [0.29, 0.717) is 0 Å². The standard InChI is InChI=1S/C50H32N2/c1-3-15-33(16-4-1)49-39-21-7-9-23-41(39)50(42-24-10-8-22-40(42)49)52-46-26-14-12-20-38(46)44-32-35(28-30-48(44)52)34-27-29-47-43(31-34)37-19-11-13-25-45(37)51(47)36-17-5-2-6-18-36/h1-32H. The summed E-state index contributed by atoms with van der Waals surface area (Å²) in [6.07, 6.45) is 0. The minimum atomic E-state index is 1.17. The Labute approximate surface area is 301 Å². The maximum absolute atomic E-state index is 2.50. The molecule has 0 spiro atoms. The quantitative estimate of drug-likeness (QED) is 0.166. The normalized spacial score (nSPS) is 11.8. The lowest BCUT2D eigenvalue weighted by Crippen LogP contribution is -1.99. The van der Waals surface area contributed by atoms with Gasteiger partial charge >= 0.3 is 0 Å². The molecule has 0 bridgehead atoms. The van der Waals surface area contributed by atoms with Gasteiger partial charge in [0.25, 0.3) is 0 Å². The number of hydrogen-bond donors (Lipinski definition) is 0. The van der Waals surface area contributed by atoms with Crippen LogP contribution in [0.5, 0.6) is 0 Å². The van der Waals surface area contributed by atoms with Crippen LogP contribution in [0.1, 0.15) is 0 Å². The molecule has 0 aliphatic heterocycles. The fourth-order valence-electron chi connectivity index (χ4n) is 8.66. The van der Waals surface area contributed by atoms with Crippen LogP contribution in [0.2, 0.25) is 0 Å². The monoisotopic (exact) mass is 660 g/mol. The Morgan fingerprint density at radius 3 is 1.21 bits per heavy atom. The van der Waals surface area contributed by atoms with Gasteiger partial charge in [0.2, 0.25) is 0 Å². The lowest BCUT2D eigenvalue weighted by molar-refractivity contribution is 1.18. The molecule has 2 heteroatoms. The van der Waals surface area contributed by atoms with Crippen LogP contribution in [0.3, 0.4) is 0 Å². The van der Waals surface area contributed by atoms with E-state index in [-0.39, 0.29) is 0 Å².